The number of aliphatic hydroxyl groups is 5. The summed E-state index contributed by atoms with van der Waals surface area (Å²) in [7, 11) is 0. The summed E-state index contributed by atoms with van der Waals surface area (Å²) in [6.45, 7) is 7.23. The second kappa shape index (κ2) is 9.68. The van der Waals surface area contributed by atoms with Crippen molar-refractivity contribution in [2.45, 2.75) is 89.2 Å². The van der Waals surface area contributed by atoms with Crippen molar-refractivity contribution in [2.24, 2.45) is 16.7 Å². The van der Waals surface area contributed by atoms with Crippen LogP contribution in [-0.4, -0.2) is 85.6 Å². The van der Waals surface area contributed by atoms with Gasteiger partial charge < -0.3 is 35.0 Å². The van der Waals surface area contributed by atoms with Crippen LogP contribution in [0.25, 0.3) is 0 Å². The molecule has 3 fully saturated rings. The van der Waals surface area contributed by atoms with Crippen LogP contribution in [0.5, 0.6) is 0 Å². The summed E-state index contributed by atoms with van der Waals surface area (Å²) in [6, 6.07) is 0. The average molecular weight is 894 g/mol. The van der Waals surface area contributed by atoms with Crippen molar-refractivity contribution in [3.63, 3.8) is 0 Å². The van der Waals surface area contributed by atoms with Gasteiger partial charge in [-0.05, 0) is 25.0 Å². The molecule has 9 nitrogen and oxygen atoms in total. The molecule has 0 aromatic heterocycles. The van der Waals surface area contributed by atoms with Crippen LogP contribution >= 0.6 is 0 Å². The zero-order valence-electron chi connectivity index (χ0n) is 19.6. The van der Waals surface area contributed by atoms with Gasteiger partial charge in [0.1, 0.15) is 23.4 Å². The smallest absolute Gasteiger partial charge is 0.303 e. The van der Waals surface area contributed by atoms with Crippen LogP contribution in [0, 0.1) is 105 Å². The van der Waals surface area contributed by atoms with Gasteiger partial charge in [0.05, 0.1) is 30.3 Å². The van der Waals surface area contributed by atoms with E-state index in [4.69, 9.17) is 9.47 Å². The number of aliphatic hydroxyl groups excluding tert-OH is 3. The Labute approximate surface area is 264 Å². The fourth-order valence-corrected chi connectivity index (χ4v) is 6.69. The van der Waals surface area contributed by atoms with E-state index in [-0.39, 0.29) is 113 Å². The maximum atomic E-state index is 13.8. The number of hydrogen-bond acceptors (Lipinski definition) is 9. The molecule has 2 bridgehead atoms. The largest absolute Gasteiger partial charge is 0.459 e. The van der Waals surface area contributed by atoms with Gasteiger partial charge in [-0.2, -0.15) is 0 Å². The Kier molecular flexibility index (Phi) is 9.02. The predicted octanol–water partition coefficient (Wildman–Crippen LogP) is -0.783. The Morgan fingerprint density at radius 3 is 2.18 bits per heavy atom. The molecule has 0 aromatic carbocycles. The molecule has 0 unspecified atom stereocenters. The molecule has 0 aromatic rings. The molecule has 11 heteroatoms. The first-order chi connectivity index (χ1) is 14.1. The fourth-order valence-electron chi connectivity index (χ4n) is 6.69. The molecular weight excluding hydrogens is 862 g/mol. The van der Waals surface area contributed by atoms with Gasteiger partial charge in [-0.3, -0.25) is 9.59 Å². The standard InChI is InChI=1S/C22H32O9.2Ac/c1-9-11(24)7-22(29)18(31-10(2)23)16-20(5,12(25)6-13-21(16,28)8-30-13)17(27)15(26)14(9)19(22,3)4;;/h11-13,15-16,18,24-26,28-29H,6-8H2,1-5H3;;/t11-,12-,13+,15+,16-,18-,20+,21-,22+;;/m0../s1. The van der Waals surface area contributed by atoms with Crippen LogP contribution in [-0.2, 0) is 19.1 Å². The first kappa shape index (κ1) is 30.7. The summed E-state index contributed by atoms with van der Waals surface area (Å²) in [5, 5.41) is 56.7. The number of fused-ring (bicyclic) bond motifs is 5. The van der Waals surface area contributed by atoms with Gasteiger partial charge in [0, 0.05) is 119 Å². The van der Waals surface area contributed by atoms with E-state index in [2.05, 4.69) is 0 Å². The van der Waals surface area contributed by atoms with E-state index >= 15 is 0 Å². The molecule has 0 spiro atoms. The molecule has 9 atom stereocenters. The summed E-state index contributed by atoms with van der Waals surface area (Å²) in [4.78, 5) is 25.9. The third kappa shape index (κ3) is 3.98. The minimum Gasteiger partial charge on any atom is -0.459 e. The van der Waals surface area contributed by atoms with Gasteiger partial charge in [0.15, 0.2) is 5.78 Å². The summed E-state index contributed by atoms with van der Waals surface area (Å²) in [6.07, 6.45) is -6.80. The number of carbonyl (C=O) groups is 2. The van der Waals surface area contributed by atoms with Gasteiger partial charge in [-0.25, -0.2) is 0 Å². The van der Waals surface area contributed by atoms with Gasteiger partial charge >= 0.3 is 5.97 Å². The van der Waals surface area contributed by atoms with Crippen molar-refractivity contribution in [1.82, 2.24) is 0 Å². The molecule has 4 rings (SSSR count). The molecule has 2 saturated carbocycles. The van der Waals surface area contributed by atoms with Gasteiger partial charge in [0.2, 0.25) is 0 Å². The van der Waals surface area contributed by atoms with Crippen molar-refractivity contribution in [3.8, 4) is 0 Å². The van der Waals surface area contributed by atoms with Crippen LogP contribution in [0.1, 0.15) is 47.5 Å². The molecule has 1 heterocycles. The van der Waals surface area contributed by atoms with Crippen molar-refractivity contribution < 1.29 is 133 Å². The molecule has 4 aliphatic rings. The van der Waals surface area contributed by atoms with E-state index in [1.165, 1.54) is 6.92 Å². The van der Waals surface area contributed by atoms with Crippen molar-refractivity contribution >= 4 is 11.8 Å². The van der Waals surface area contributed by atoms with Crippen LogP contribution in [0.3, 0.4) is 0 Å². The van der Waals surface area contributed by atoms with Crippen molar-refractivity contribution in [1.29, 1.82) is 0 Å². The predicted molar refractivity (Wildman–Crippen MR) is 106 cm³/mol. The maximum Gasteiger partial charge on any atom is 0.303 e. The summed E-state index contributed by atoms with van der Waals surface area (Å²) in [5.41, 5.74) is -6.17. The minimum absolute atomic E-state index is 0. The topological polar surface area (TPSA) is 154 Å². The van der Waals surface area contributed by atoms with Crippen molar-refractivity contribution in [2.75, 3.05) is 6.61 Å². The SMILES string of the molecule is CC(=O)O[C@H]1[C@@H]2[C@]3(O)CO[C@@H]3C[C@H](O)[C@@]2(C)C(=O)[C@H](O)C2=C(C)[C@@H](O)C[C@]1(O)C2(C)C.[Ac].[Ac]. The van der Waals surface area contributed by atoms with Gasteiger partial charge in [-0.15, -0.1) is 0 Å². The molecule has 33 heavy (non-hydrogen) atoms. The number of ether oxygens (including phenoxy) is 2. The Morgan fingerprint density at radius 2 is 1.70 bits per heavy atom. The van der Waals surface area contributed by atoms with E-state index in [1.807, 2.05) is 0 Å². The number of ketones is 1. The molecule has 2 radical (unpaired) electrons. The Hall–Kier alpha value is 1.52. The number of Topliss-reactive ketones (excluding diaryl/α,β-unsaturated/α-hetero) is 1. The maximum absolute atomic E-state index is 13.8. The normalized spacial score (nSPS) is 48.0. The monoisotopic (exact) mass is 894 g/mol. The first-order valence-electron chi connectivity index (χ1n) is 10.7. The zero-order valence-corrected chi connectivity index (χ0v) is 29.1. The molecule has 0 amide bonds. The van der Waals surface area contributed by atoms with Gasteiger partial charge in [-0.1, -0.05) is 13.8 Å². The van der Waals surface area contributed by atoms with Crippen molar-refractivity contribution in [3.05, 3.63) is 11.1 Å². The van der Waals surface area contributed by atoms with Crippen LogP contribution in [0.15, 0.2) is 11.1 Å². The Morgan fingerprint density at radius 1 is 1.12 bits per heavy atom. The number of rotatable bonds is 1. The van der Waals surface area contributed by atoms with Gasteiger partial charge in [0.25, 0.3) is 0 Å². The Balaban J connectivity index is 0.00000193. The molecule has 5 N–H and O–H groups in total. The molecule has 1 aliphatic heterocycles. The van der Waals surface area contributed by atoms with E-state index in [9.17, 15) is 35.1 Å². The number of carbonyl (C=O) groups excluding carboxylic acids is 2. The Bertz CT molecular complexity index is 876. The molecule has 3 aliphatic carbocycles. The van der Waals surface area contributed by atoms with Crippen LogP contribution in [0.4, 0.5) is 0 Å². The van der Waals surface area contributed by atoms with E-state index < -0.39 is 70.2 Å². The third-order valence-corrected chi connectivity index (χ3v) is 8.69. The number of hydrogen-bond donors (Lipinski definition) is 5. The summed E-state index contributed by atoms with van der Waals surface area (Å²) >= 11 is 0. The third-order valence-electron chi connectivity index (χ3n) is 8.69. The molecule has 1 saturated heterocycles. The van der Waals surface area contributed by atoms with E-state index in [0.29, 0.717) is 5.57 Å². The summed E-state index contributed by atoms with van der Waals surface area (Å²) in [5.74, 6) is -2.77. The minimum atomic E-state index is -1.95. The fraction of sp³-hybridized carbons (Fsp3) is 0.818. The quantitative estimate of drug-likeness (QED) is 0.169. The second-order valence-corrected chi connectivity index (χ2v) is 10.5. The molecule has 180 valence electrons. The number of esters is 1. The van der Waals surface area contributed by atoms with Crippen LogP contribution in [0.2, 0.25) is 0 Å². The molecular formula is C22H32Ac2O9. The van der Waals surface area contributed by atoms with E-state index in [1.54, 1.807) is 20.8 Å². The first-order valence-corrected chi connectivity index (χ1v) is 10.7. The summed E-state index contributed by atoms with van der Waals surface area (Å²) < 4.78 is 11.1. The zero-order chi connectivity index (χ0) is 23.3. The average Bonchev–Trinajstić information content (AvgIpc) is 2.66. The van der Waals surface area contributed by atoms with E-state index in [0.717, 1.165) is 6.92 Å². The second-order valence-electron chi connectivity index (χ2n) is 10.5. The van der Waals surface area contributed by atoms with Crippen LogP contribution < -0.4 is 0 Å².